The summed E-state index contributed by atoms with van der Waals surface area (Å²) >= 11 is 0. The van der Waals surface area contributed by atoms with Gasteiger partial charge in [0.2, 0.25) is 15.7 Å². The van der Waals surface area contributed by atoms with Gasteiger partial charge in [-0.2, -0.15) is 0 Å². The second-order valence-corrected chi connectivity index (χ2v) is 7.59. The van der Waals surface area contributed by atoms with E-state index in [2.05, 4.69) is 15.5 Å². The van der Waals surface area contributed by atoms with Crippen molar-refractivity contribution < 1.29 is 22.0 Å². The molecule has 2 aromatic carbocycles. The van der Waals surface area contributed by atoms with Gasteiger partial charge in [-0.1, -0.05) is 35.4 Å². The summed E-state index contributed by atoms with van der Waals surface area (Å²) in [5.41, 5.74) is 0.928. The molecule has 1 amide bonds. The number of carbonyl (C=O) groups excluding carboxylic acids is 1. The number of nitrogens with one attached hydrogen (secondary N) is 1. The summed E-state index contributed by atoms with van der Waals surface area (Å²) in [7, 11) is -3.84. The van der Waals surface area contributed by atoms with E-state index in [0.29, 0.717) is 11.1 Å². The molecule has 0 aliphatic rings. The first-order valence-corrected chi connectivity index (χ1v) is 9.72. The lowest BCUT2D eigenvalue weighted by molar-refractivity contribution is 0.0953. The van der Waals surface area contributed by atoms with Crippen molar-refractivity contribution >= 4 is 15.7 Å². The average Bonchev–Trinajstić information content (AvgIpc) is 3.14. The maximum Gasteiger partial charge on any atom is 0.335 e. The molecule has 0 radical (unpaired) electrons. The normalized spacial score (nSPS) is 11.3. The van der Waals surface area contributed by atoms with E-state index in [-0.39, 0.29) is 30.5 Å². The van der Waals surface area contributed by atoms with Gasteiger partial charge in [0.05, 0.1) is 5.75 Å². The Morgan fingerprint density at radius 2 is 1.74 bits per heavy atom. The fraction of sp³-hybridized carbons (Fsp3) is 0.167. The van der Waals surface area contributed by atoms with Crippen LogP contribution in [0.2, 0.25) is 0 Å². The van der Waals surface area contributed by atoms with Crippen LogP contribution in [0, 0.1) is 5.82 Å². The molecule has 0 saturated heterocycles. The Morgan fingerprint density at radius 1 is 1.04 bits per heavy atom. The third-order valence-electron chi connectivity index (χ3n) is 3.64. The van der Waals surface area contributed by atoms with Gasteiger partial charge in [0, 0.05) is 18.5 Å². The zero-order valence-corrected chi connectivity index (χ0v) is 14.9. The summed E-state index contributed by atoms with van der Waals surface area (Å²) in [6, 6.07) is 13.8. The van der Waals surface area contributed by atoms with Crippen LogP contribution in [0.15, 0.2) is 64.2 Å². The average molecular weight is 389 g/mol. The van der Waals surface area contributed by atoms with E-state index in [1.165, 1.54) is 24.3 Å². The van der Waals surface area contributed by atoms with Crippen molar-refractivity contribution in [1.29, 1.82) is 0 Å². The monoisotopic (exact) mass is 389 g/mol. The van der Waals surface area contributed by atoms with E-state index < -0.39 is 20.9 Å². The van der Waals surface area contributed by atoms with E-state index in [4.69, 9.17) is 4.42 Å². The van der Waals surface area contributed by atoms with Gasteiger partial charge in [0.15, 0.2) is 0 Å². The Morgan fingerprint density at radius 3 is 2.44 bits per heavy atom. The molecule has 0 aliphatic carbocycles. The fourth-order valence-corrected chi connectivity index (χ4v) is 3.44. The number of nitrogens with zero attached hydrogens (tertiary/aromatic N) is 2. The van der Waals surface area contributed by atoms with Gasteiger partial charge in [-0.15, -0.1) is 5.10 Å². The molecule has 0 saturated carbocycles. The Balaban J connectivity index is 1.57. The topological polar surface area (TPSA) is 102 Å². The molecule has 1 aromatic heterocycles. The van der Waals surface area contributed by atoms with Gasteiger partial charge in [-0.3, -0.25) is 4.79 Å². The first-order valence-electron chi connectivity index (χ1n) is 8.07. The second kappa shape index (κ2) is 8.09. The van der Waals surface area contributed by atoms with Gasteiger partial charge in [0.25, 0.3) is 5.91 Å². The van der Waals surface area contributed by atoms with Gasteiger partial charge in [0.1, 0.15) is 5.82 Å². The van der Waals surface area contributed by atoms with Gasteiger partial charge < -0.3 is 9.73 Å². The summed E-state index contributed by atoms with van der Waals surface area (Å²) < 4.78 is 42.7. The van der Waals surface area contributed by atoms with Crippen LogP contribution in [0.5, 0.6) is 0 Å². The SMILES string of the molecule is O=C(NCCc1nnc(S(=O)(=O)Cc2ccc(F)cc2)o1)c1ccccc1. The van der Waals surface area contributed by atoms with Crippen LogP contribution in [0.3, 0.4) is 0 Å². The van der Waals surface area contributed by atoms with Crippen LogP contribution in [0.25, 0.3) is 0 Å². The van der Waals surface area contributed by atoms with E-state index in [0.717, 1.165) is 0 Å². The number of benzene rings is 2. The molecular formula is C18H16FN3O4S. The van der Waals surface area contributed by atoms with Crippen molar-refractivity contribution in [2.24, 2.45) is 0 Å². The van der Waals surface area contributed by atoms with Gasteiger partial charge in [-0.25, -0.2) is 12.8 Å². The second-order valence-electron chi connectivity index (χ2n) is 5.72. The highest BCUT2D eigenvalue weighted by molar-refractivity contribution is 7.90. The number of halogens is 1. The maximum absolute atomic E-state index is 12.9. The molecule has 0 fully saturated rings. The number of sulfone groups is 1. The number of rotatable bonds is 7. The maximum atomic E-state index is 12.9. The molecule has 0 aliphatic heterocycles. The minimum absolute atomic E-state index is 0.0982. The van der Waals surface area contributed by atoms with Crippen LogP contribution in [0.1, 0.15) is 21.8 Å². The summed E-state index contributed by atoms with van der Waals surface area (Å²) in [6.07, 6.45) is 0.192. The zero-order valence-electron chi connectivity index (χ0n) is 14.1. The number of aromatic nitrogens is 2. The van der Waals surface area contributed by atoms with Crippen LogP contribution < -0.4 is 5.32 Å². The molecule has 0 atom stereocenters. The summed E-state index contributed by atoms with van der Waals surface area (Å²) in [6.45, 7) is 0.216. The minimum Gasteiger partial charge on any atom is -0.412 e. The van der Waals surface area contributed by atoms with Crippen LogP contribution >= 0.6 is 0 Å². The van der Waals surface area contributed by atoms with Gasteiger partial charge >= 0.3 is 5.22 Å². The number of hydrogen-bond donors (Lipinski definition) is 1. The smallest absolute Gasteiger partial charge is 0.335 e. The highest BCUT2D eigenvalue weighted by Gasteiger charge is 2.23. The Bertz CT molecular complexity index is 1020. The first kappa shape index (κ1) is 18.7. The predicted octanol–water partition coefficient (Wildman–Crippen LogP) is 2.16. The zero-order chi connectivity index (χ0) is 19.3. The van der Waals surface area contributed by atoms with Crippen molar-refractivity contribution in [3.8, 4) is 0 Å². The molecule has 3 aromatic rings. The Hall–Kier alpha value is -3.07. The lowest BCUT2D eigenvalue weighted by Crippen LogP contribution is -2.25. The molecule has 27 heavy (non-hydrogen) atoms. The van der Waals surface area contributed by atoms with Gasteiger partial charge in [-0.05, 0) is 29.8 Å². The van der Waals surface area contributed by atoms with E-state index in [9.17, 15) is 17.6 Å². The van der Waals surface area contributed by atoms with E-state index >= 15 is 0 Å². The lowest BCUT2D eigenvalue weighted by atomic mass is 10.2. The molecule has 0 bridgehead atoms. The summed E-state index contributed by atoms with van der Waals surface area (Å²) in [4.78, 5) is 11.9. The summed E-state index contributed by atoms with van der Waals surface area (Å²) in [5.74, 6) is -0.978. The highest BCUT2D eigenvalue weighted by atomic mass is 32.2. The molecule has 0 unspecified atom stereocenters. The first-order chi connectivity index (χ1) is 12.9. The van der Waals surface area contributed by atoms with Crippen molar-refractivity contribution in [2.75, 3.05) is 6.54 Å². The van der Waals surface area contributed by atoms with Crippen LogP contribution in [-0.2, 0) is 22.0 Å². The van der Waals surface area contributed by atoms with Crippen molar-refractivity contribution in [2.45, 2.75) is 17.4 Å². The molecule has 9 heteroatoms. The predicted molar refractivity (Wildman–Crippen MR) is 94.1 cm³/mol. The van der Waals surface area contributed by atoms with E-state index in [1.54, 1.807) is 24.3 Å². The molecule has 1 heterocycles. The van der Waals surface area contributed by atoms with Crippen molar-refractivity contribution in [1.82, 2.24) is 15.5 Å². The highest BCUT2D eigenvalue weighted by Crippen LogP contribution is 2.16. The lowest BCUT2D eigenvalue weighted by Gasteiger charge is -2.03. The number of amides is 1. The molecule has 7 nitrogen and oxygen atoms in total. The van der Waals surface area contributed by atoms with E-state index in [1.807, 2.05) is 6.07 Å². The number of hydrogen-bond acceptors (Lipinski definition) is 6. The third kappa shape index (κ3) is 4.98. The molecular weight excluding hydrogens is 373 g/mol. The van der Waals surface area contributed by atoms with Crippen LogP contribution in [-0.4, -0.2) is 31.1 Å². The third-order valence-corrected chi connectivity index (χ3v) is 5.06. The molecule has 1 N–H and O–H groups in total. The summed E-state index contributed by atoms with van der Waals surface area (Å²) in [5, 5.41) is 9.45. The molecule has 3 rings (SSSR count). The van der Waals surface area contributed by atoms with Crippen LogP contribution in [0.4, 0.5) is 4.39 Å². The largest absolute Gasteiger partial charge is 0.412 e. The molecule has 140 valence electrons. The van der Waals surface area contributed by atoms with Crippen molar-refractivity contribution in [3.05, 3.63) is 77.4 Å². The minimum atomic E-state index is -3.84. The quantitative estimate of drug-likeness (QED) is 0.664. The molecule has 0 spiro atoms. The Labute approximate surface area is 155 Å². The number of carbonyl (C=O) groups is 1. The standard InChI is InChI=1S/C18H16FN3O4S/c19-15-8-6-13(7-9-15)12-27(24,25)18-22-21-16(26-18)10-11-20-17(23)14-4-2-1-3-5-14/h1-9H,10-12H2,(H,20,23). The fourth-order valence-electron chi connectivity index (χ4n) is 2.30. The van der Waals surface area contributed by atoms with Crippen molar-refractivity contribution in [3.63, 3.8) is 0 Å². The Kier molecular flexibility index (Phi) is 5.60.